The van der Waals surface area contributed by atoms with E-state index in [4.69, 9.17) is 0 Å². The minimum absolute atomic E-state index is 0.0191. The molecule has 0 radical (unpaired) electrons. The predicted molar refractivity (Wildman–Crippen MR) is 77.3 cm³/mol. The zero-order valence-corrected chi connectivity index (χ0v) is 12.0. The topological polar surface area (TPSA) is 46.1 Å². The van der Waals surface area contributed by atoms with Gasteiger partial charge in [0.1, 0.15) is 0 Å². The van der Waals surface area contributed by atoms with Crippen LogP contribution in [0.15, 0.2) is 12.1 Å². The minimum Gasteiger partial charge on any atom is -0.347 e. The number of amides is 2. The standard InChI is InChI=1S/C15H25N3O/c1-12-8-9-13(2)18(12)11-10-16-15(19)17-14-6-4-3-5-7-14/h8-9,14H,3-7,10-11H2,1-2H3,(H2,16,17,19). The Labute approximate surface area is 115 Å². The third-order valence-corrected chi connectivity index (χ3v) is 3.98. The van der Waals surface area contributed by atoms with Crippen molar-refractivity contribution in [2.24, 2.45) is 0 Å². The fourth-order valence-electron chi connectivity index (χ4n) is 2.82. The Kier molecular flexibility index (Phi) is 4.88. The summed E-state index contributed by atoms with van der Waals surface area (Å²) in [5.74, 6) is 0. The quantitative estimate of drug-likeness (QED) is 0.862. The second-order valence-electron chi connectivity index (χ2n) is 5.50. The number of nitrogens with zero attached hydrogens (tertiary/aromatic N) is 1. The molecular formula is C15H25N3O. The summed E-state index contributed by atoms with van der Waals surface area (Å²) in [7, 11) is 0. The first-order valence-corrected chi connectivity index (χ1v) is 7.34. The van der Waals surface area contributed by atoms with Gasteiger partial charge in [-0.3, -0.25) is 0 Å². The van der Waals surface area contributed by atoms with Crippen molar-refractivity contribution in [1.29, 1.82) is 0 Å². The Morgan fingerprint density at radius 1 is 1.21 bits per heavy atom. The van der Waals surface area contributed by atoms with E-state index in [0.717, 1.165) is 19.4 Å². The number of carbonyl (C=O) groups is 1. The lowest BCUT2D eigenvalue weighted by Crippen LogP contribution is -2.43. The molecule has 0 aromatic carbocycles. The third-order valence-electron chi connectivity index (χ3n) is 3.98. The summed E-state index contributed by atoms with van der Waals surface area (Å²) in [4.78, 5) is 11.8. The summed E-state index contributed by atoms with van der Waals surface area (Å²) in [5, 5.41) is 6.02. The van der Waals surface area contributed by atoms with Gasteiger partial charge in [0.2, 0.25) is 0 Å². The average Bonchev–Trinajstić information content (AvgIpc) is 2.71. The van der Waals surface area contributed by atoms with Crippen LogP contribution in [-0.4, -0.2) is 23.2 Å². The van der Waals surface area contributed by atoms with Crippen LogP contribution in [0, 0.1) is 13.8 Å². The van der Waals surface area contributed by atoms with E-state index in [1.165, 1.54) is 30.7 Å². The molecule has 4 heteroatoms. The molecule has 0 unspecified atom stereocenters. The number of aryl methyl sites for hydroxylation is 2. The van der Waals surface area contributed by atoms with Gasteiger partial charge in [-0.15, -0.1) is 0 Å². The summed E-state index contributed by atoms with van der Waals surface area (Å²) in [6, 6.07) is 4.58. The molecule has 1 aliphatic rings. The highest BCUT2D eigenvalue weighted by Gasteiger charge is 2.15. The third kappa shape index (κ3) is 4.01. The van der Waals surface area contributed by atoms with E-state index in [1.807, 2.05) is 0 Å². The first-order chi connectivity index (χ1) is 9.16. The zero-order chi connectivity index (χ0) is 13.7. The van der Waals surface area contributed by atoms with Crippen LogP contribution in [0.1, 0.15) is 43.5 Å². The maximum atomic E-state index is 11.8. The molecule has 0 atom stereocenters. The van der Waals surface area contributed by atoms with Crippen LogP contribution >= 0.6 is 0 Å². The SMILES string of the molecule is Cc1ccc(C)n1CCNC(=O)NC1CCCCC1. The minimum atomic E-state index is -0.0191. The van der Waals surface area contributed by atoms with E-state index in [9.17, 15) is 4.79 Å². The predicted octanol–water partition coefficient (Wildman–Crippen LogP) is 2.74. The molecule has 0 bridgehead atoms. The molecule has 19 heavy (non-hydrogen) atoms. The normalized spacial score (nSPS) is 16.3. The second-order valence-corrected chi connectivity index (χ2v) is 5.50. The first kappa shape index (κ1) is 14.0. The summed E-state index contributed by atoms with van der Waals surface area (Å²) < 4.78 is 2.22. The van der Waals surface area contributed by atoms with Gasteiger partial charge in [0.25, 0.3) is 0 Å². The van der Waals surface area contributed by atoms with E-state index in [1.54, 1.807) is 0 Å². The van der Waals surface area contributed by atoms with Crippen molar-refractivity contribution >= 4 is 6.03 Å². The molecule has 2 rings (SSSR count). The van der Waals surface area contributed by atoms with Crippen molar-refractivity contribution in [3.8, 4) is 0 Å². The van der Waals surface area contributed by atoms with Gasteiger partial charge in [-0.05, 0) is 38.8 Å². The van der Waals surface area contributed by atoms with Gasteiger partial charge >= 0.3 is 6.03 Å². The fraction of sp³-hybridized carbons (Fsp3) is 0.667. The number of rotatable bonds is 4. The van der Waals surface area contributed by atoms with E-state index in [2.05, 4.69) is 41.2 Å². The van der Waals surface area contributed by atoms with Crippen LogP contribution < -0.4 is 10.6 Å². The lowest BCUT2D eigenvalue weighted by molar-refractivity contribution is 0.232. The van der Waals surface area contributed by atoms with Gasteiger partial charge in [-0.2, -0.15) is 0 Å². The van der Waals surface area contributed by atoms with Gasteiger partial charge in [0, 0.05) is 30.5 Å². The number of hydrogen-bond acceptors (Lipinski definition) is 1. The van der Waals surface area contributed by atoms with Gasteiger partial charge in [0.05, 0.1) is 0 Å². The van der Waals surface area contributed by atoms with Crippen molar-refractivity contribution in [1.82, 2.24) is 15.2 Å². The summed E-state index contributed by atoms with van der Waals surface area (Å²) in [5.41, 5.74) is 2.49. The largest absolute Gasteiger partial charge is 0.347 e. The monoisotopic (exact) mass is 263 g/mol. The molecule has 1 aliphatic carbocycles. The van der Waals surface area contributed by atoms with Crippen molar-refractivity contribution in [2.75, 3.05) is 6.54 Å². The van der Waals surface area contributed by atoms with Crippen molar-refractivity contribution in [2.45, 2.75) is 58.5 Å². The Bertz CT molecular complexity index is 400. The molecule has 2 N–H and O–H groups in total. The molecule has 1 aromatic rings. The first-order valence-electron chi connectivity index (χ1n) is 7.34. The molecule has 1 fully saturated rings. The van der Waals surface area contributed by atoms with E-state index in [-0.39, 0.29) is 6.03 Å². The Morgan fingerprint density at radius 3 is 2.47 bits per heavy atom. The van der Waals surface area contributed by atoms with E-state index >= 15 is 0 Å². The van der Waals surface area contributed by atoms with E-state index < -0.39 is 0 Å². The molecule has 4 nitrogen and oxygen atoms in total. The van der Waals surface area contributed by atoms with Crippen molar-refractivity contribution in [3.63, 3.8) is 0 Å². The molecule has 0 saturated heterocycles. The van der Waals surface area contributed by atoms with Crippen molar-refractivity contribution < 1.29 is 4.79 Å². The second kappa shape index (κ2) is 6.64. The van der Waals surface area contributed by atoms with Crippen LogP contribution in [0.4, 0.5) is 4.79 Å². The van der Waals surface area contributed by atoms with Crippen LogP contribution in [0.5, 0.6) is 0 Å². The molecule has 2 amide bonds. The maximum absolute atomic E-state index is 11.8. The fourth-order valence-corrected chi connectivity index (χ4v) is 2.82. The van der Waals surface area contributed by atoms with E-state index in [0.29, 0.717) is 12.6 Å². The smallest absolute Gasteiger partial charge is 0.315 e. The molecular weight excluding hydrogens is 238 g/mol. The number of nitrogens with one attached hydrogen (secondary N) is 2. The van der Waals surface area contributed by atoms with Crippen LogP contribution in [0.25, 0.3) is 0 Å². The van der Waals surface area contributed by atoms with Crippen LogP contribution in [-0.2, 0) is 6.54 Å². The summed E-state index contributed by atoms with van der Waals surface area (Å²) in [6.45, 7) is 5.70. The lowest BCUT2D eigenvalue weighted by Gasteiger charge is -2.23. The van der Waals surface area contributed by atoms with Gasteiger partial charge in [-0.25, -0.2) is 4.79 Å². The lowest BCUT2D eigenvalue weighted by atomic mass is 9.96. The average molecular weight is 263 g/mol. The van der Waals surface area contributed by atoms with Gasteiger partial charge in [-0.1, -0.05) is 19.3 Å². The van der Waals surface area contributed by atoms with Gasteiger partial charge < -0.3 is 15.2 Å². The highest BCUT2D eigenvalue weighted by atomic mass is 16.2. The zero-order valence-electron chi connectivity index (χ0n) is 12.0. The molecule has 0 spiro atoms. The molecule has 1 heterocycles. The maximum Gasteiger partial charge on any atom is 0.315 e. The highest BCUT2D eigenvalue weighted by molar-refractivity contribution is 5.74. The number of aromatic nitrogens is 1. The summed E-state index contributed by atoms with van der Waals surface area (Å²) in [6.07, 6.45) is 6.05. The Balaban J connectivity index is 1.69. The number of urea groups is 1. The molecule has 0 aliphatic heterocycles. The van der Waals surface area contributed by atoms with Crippen molar-refractivity contribution in [3.05, 3.63) is 23.5 Å². The number of hydrogen-bond donors (Lipinski definition) is 2. The number of carbonyl (C=O) groups excluding carboxylic acids is 1. The summed E-state index contributed by atoms with van der Waals surface area (Å²) >= 11 is 0. The Hall–Kier alpha value is -1.45. The van der Waals surface area contributed by atoms with Crippen LogP contribution in [0.3, 0.4) is 0 Å². The molecule has 106 valence electrons. The van der Waals surface area contributed by atoms with Crippen LogP contribution in [0.2, 0.25) is 0 Å². The molecule has 1 saturated carbocycles. The highest BCUT2D eigenvalue weighted by Crippen LogP contribution is 2.17. The molecule has 1 aromatic heterocycles. The Morgan fingerprint density at radius 2 is 1.84 bits per heavy atom. The van der Waals surface area contributed by atoms with Gasteiger partial charge in [0.15, 0.2) is 0 Å².